The number of hydrogen-bond donors (Lipinski definition) is 1. The molecule has 0 amide bonds. The molecule has 0 aromatic heterocycles. The summed E-state index contributed by atoms with van der Waals surface area (Å²) in [7, 11) is 0. The van der Waals surface area contributed by atoms with Gasteiger partial charge < -0.3 is 14.8 Å². The van der Waals surface area contributed by atoms with E-state index in [0.29, 0.717) is 24.2 Å². The van der Waals surface area contributed by atoms with Crippen molar-refractivity contribution in [1.29, 1.82) is 0 Å². The van der Waals surface area contributed by atoms with Crippen LogP contribution in [-0.2, 0) is 0 Å². The van der Waals surface area contributed by atoms with E-state index < -0.39 is 0 Å². The first-order chi connectivity index (χ1) is 8.77. The first kappa shape index (κ1) is 12.1. The van der Waals surface area contributed by atoms with E-state index in [-0.39, 0.29) is 0 Å². The minimum Gasteiger partial charge on any atom is -0.489 e. The summed E-state index contributed by atoms with van der Waals surface area (Å²) in [6, 6.07) is 2.06. The summed E-state index contributed by atoms with van der Waals surface area (Å²) in [5.74, 6) is 2.11. The van der Waals surface area contributed by atoms with Gasteiger partial charge in [-0.15, -0.1) is 0 Å². The smallest absolute Gasteiger partial charge is 0.180 e. The largest absolute Gasteiger partial charge is 0.489 e. The molecule has 1 N–H and O–H groups in total. The number of nitrogens with one attached hydrogen (secondary N) is 1. The second-order valence-corrected chi connectivity index (χ2v) is 5.38. The third-order valence-corrected chi connectivity index (χ3v) is 4.04. The summed E-state index contributed by atoms with van der Waals surface area (Å²) < 4.78 is 11.5. The number of rotatable bonds is 1. The van der Waals surface area contributed by atoms with Gasteiger partial charge in [0.2, 0.25) is 0 Å². The second-order valence-electron chi connectivity index (χ2n) is 4.97. The van der Waals surface area contributed by atoms with Crippen molar-refractivity contribution in [3.63, 3.8) is 0 Å². The lowest BCUT2D eigenvalue weighted by Gasteiger charge is -2.19. The van der Waals surface area contributed by atoms with Crippen LogP contribution in [0, 0.1) is 6.92 Å². The zero-order valence-corrected chi connectivity index (χ0v) is 11.3. The molecule has 98 valence electrons. The molecule has 0 spiro atoms. The zero-order valence-electron chi connectivity index (χ0n) is 10.6. The normalized spacial score (nSPS) is 22.9. The summed E-state index contributed by atoms with van der Waals surface area (Å²) in [6.07, 6.45) is 2.07. The Morgan fingerprint density at radius 2 is 2.06 bits per heavy atom. The fraction of sp³-hybridized carbons (Fsp3) is 0.571. The monoisotopic (exact) mass is 267 g/mol. The molecule has 1 unspecified atom stereocenters. The Kier molecular flexibility index (Phi) is 3.35. The molecule has 0 radical (unpaired) electrons. The second kappa shape index (κ2) is 4.98. The van der Waals surface area contributed by atoms with Gasteiger partial charge in [-0.2, -0.15) is 0 Å². The van der Waals surface area contributed by atoms with Crippen LogP contribution in [0.15, 0.2) is 6.07 Å². The summed E-state index contributed by atoms with van der Waals surface area (Å²) in [5.41, 5.74) is 2.49. The molecule has 18 heavy (non-hydrogen) atoms. The molecule has 1 aromatic carbocycles. The van der Waals surface area contributed by atoms with Gasteiger partial charge in [0, 0.05) is 13.0 Å². The Labute approximate surface area is 112 Å². The molecule has 0 aliphatic carbocycles. The quantitative estimate of drug-likeness (QED) is 0.849. The van der Waals surface area contributed by atoms with Crippen LogP contribution in [0.4, 0.5) is 0 Å². The molecule has 0 saturated carbocycles. The molecule has 2 heterocycles. The number of benzene rings is 1. The lowest BCUT2D eigenvalue weighted by Crippen LogP contribution is -2.09. The van der Waals surface area contributed by atoms with Crippen LogP contribution in [0.3, 0.4) is 0 Å². The Balaban J connectivity index is 2.06. The third kappa shape index (κ3) is 2.06. The fourth-order valence-corrected chi connectivity index (χ4v) is 3.04. The highest BCUT2D eigenvalue weighted by Gasteiger charge is 2.25. The van der Waals surface area contributed by atoms with Crippen LogP contribution in [0.25, 0.3) is 0 Å². The minimum atomic E-state index is 0.541. The Morgan fingerprint density at radius 1 is 1.28 bits per heavy atom. The predicted octanol–water partition coefficient (Wildman–Crippen LogP) is 2.89. The third-order valence-electron chi connectivity index (χ3n) is 3.76. The highest BCUT2D eigenvalue weighted by atomic mass is 35.5. The van der Waals surface area contributed by atoms with Crippen LogP contribution in [0.1, 0.15) is 29.9 Å². The van der Waals surface area contributed by atoms with Gasteiger partial charge in [-0.05, 0) is 43.0 Å². The van der Waals surface area contributed by atoms with Gasteiger partial charge in [-0.3, -0.25) is 0 Å². The molecule has 1 atom stereocenters. The van der Waals surface area contributed by atoms with Gasteiger partial charge in [0.25, 0.3) is 0 Å². The van der Waals surface area contributed by atoms with Crippen LogP contribution >= 0.6 is 11.6 Å². The number of ether oxygens (including phenoxy) is 2. The highest BCUT2D eigenvalue weighted by Crippen LogP contribution is 2.43. The molecular weight excluding hydrogens is 250 g/mol. The Morgan fingerprint density at radius 3 is 2.78 bits per heavy atom. The summed E-state index contributed by atoms with van der Waals surface area (Å²) in [6.45, 7) is 5.59. The number of hydrogen-bond acceptors (Lipinski definition) is 3. The lowest BCUT2D eigenvalue weighted by atomic mass is 9.93. The van der Waals surface area contributed by atoms with E-state index in [1.807, 2.05) is 0 Å². The molecule has 2 aliphatic heterocycles. The van der Waals surface area contributed by atoms with E-state index in [9.17, 15) is 0 Å². The van der Waals surface area contributed by atoms with Crippen molar-refractivity contribution >= 4 is 11.6 Å². The standard InChI is InChI=1S/C14H18ClNO2/c1-9-11(10-3-4-16-8-10)7-12(15)14-13(9)17-5-2-6-18-14/h7,10,16H,2-6,8H2,1H3. The SMILES string of the molecule is Cc1c(C2CCNC2)cc(Cl)c2c1OCCCO2. The van der Waals surface area contributed by atoms with Crippen molar-refractivity contribution in [2.45, 2.75) is 25.7 Å². The average Bonchev–Trinajstić information content (AvgIpc) is 2.77. The number of fused-ring (bicyclic) bond motifs is 1. The summed E-state index contributed by atoms with van der Waals surface area (Å²) in [5, 5.41) is 4.07. The van der Waals surface area contributed by atoms with Gasteiger partial charge in [0.15, 0.2) is 11.5 Å². The first-order valence-electron chi connectivity index (χ1n) is 6.56. The highest BCUT2D eigenvalue weighted by molar-refractivity contribution is 6.32. The van der Waals surface area contributed by atoms with Crippen LogP contribution in [0.5, 0.6) is 11.5 Å². The maximum atomic E-state index is 6.34. The number of halogens is 1. The molecule has 0 bridgehead atoms. The average molecular weight is 268 g/mol. The van der Waals surface area contributed by atoms with Crippen molar-refractivity contribution in [3.05, 3.63) is 22.2 Å². The molecule has 1 aromatic rings. The Bertz CT molecular complexity index is 456. The molecule has 3 rings (SSSR count). The van der Waals surface area contributed by atoms with E-state index >= 15 is 0 Å². The van der Waals surface area contributed by atoms with Gasteiger partial charge >= 0.3 is 0 Å². The minimum absolute atomic E-state index is 0.541. The van der Waals surface area contributed by atoms with E-state index in [0.717, 1.165) is 37.4 Å². The van der Waals surface area contributed by atoms with Crippen molar-refractivity contribution in [2.24, 2.45) is 0 Å². The van der Waals surface area contributed by atoms with Crippen molar-refractivity contribution < 1.29 is 9.47 Å². The van der Waals surface area contributed by atoms with E-state index in [1.165, 1.54) is 11.1 Å². The van der Waals surface area contributed by atoms with Gasteiger partial charge in [0.05, 0.1) is 18.2 Å². The van der Waals surface area contributed by atoms with Gasteiger partial charge in [-0.25, -0.2) is 0 Å². The fourth-order valence-electron chi connectivity index (χ4n) is 2.78. The van der Waals surface area contributed by atoms with Crippen LogP contribution < -0.4 is 14.8 Å². The van der Waals surface area contributed by atoms with Gasteiger partial charge in [-0.1, -0.05) is 11.6 Å². The van der Waals surface area contributed by atoms with Crippen LogP contribution in [0.2, 0.25) is 5.02 Å². The molecular formula is C14H18ClNO2. The molecule has 2 aliphatic rings. The van der Waals surface area contributed by atoms with Crippen molar-refractivity contribution in [2.75, 3.05) is 26.3 Å². The molecule has 4 heteroatoms. The van der Waals surface area contributed by atoms with Crippen LogP contribution in [-0.4, -0.2) is 26.3 Å². The maximum absolute atomic E-state index is 6.34. The van der Waals surface area contributed by atoms with Crippen molar-refractivity contribution in [3.8, 4) is 11.5 Å². The zero-order chi connectivity index (χ0) is 12.5. The summed E-state index contributed by atoms with van der Waals surface area (Å²) >= 11 is 6.34. The topological polar surface area (TPSA) is 30.5 Å². The van der Waals surface area contributed by atoms with Gasteiger partial charge in [0.1, 0.15) is 0 Å². The van der Waals surface area contributed by atoms with E-state index in [4.69, 9.17) is 21.1 Å². The first-order valence-corrected chi connectivity index (χ1v) is 6.94. The van der Waals surface area contributed by atoms with Crippen molar-refractivity contribution in [1.82, 2.24) is 5.32 Å². The maximum Gasteiger partial charge on any atom is 0.180 e. The Hall–Kier alpha value is -0.930. The van der Waals surface area contributed by atoms with E-state index in [2.05, 4.69) is 18.3 Å². The molecule has 1 saturated heterocycles. The summed E-state index contributed by atoms with van der Waals surface area (Å²) in [4.78, 5) is 0. The molecule has 3 nitrogen and oxygen atoms in total. The predicted molar refractivity (Wildman–Crippen MR) is 72.0 cm³/mol. The lowest BCUT2D eigenvalue weighted by molar-refractivity contribution is 0.296. The molecule has 1 fully saturated rings. The van der Waals surface area contributed by atoms with E-state index in [1.54, 1.807) is 0 Å².